The lowest BCUT2D eigenvalue weighted by Gasteiger charge is -2.54. The SMILES string of the molecule is CC(C)CC(C)N1C(=O)[C@H](CC(C)C)NC(=O)C12CCN(CCCCCc1ccccc1)CC2. The second-order valence-corrected chi connectivity index (χ2v) is 11.5. The van der Waals surface area contributed by atoms with E-state index in [0.717, 1.165) is 45.3 Å². The molecule has 2 saturated heterocycles. The third-order valence-electron chi connectivity index (χ3n) is 7.65. The van der Waals surface area contributed by atoms with Gasteiger partial charge in [0.25, 0.3) is 0 Å². The molecule has 0 bridgehead atoms. The van der Waals surface area contributed by atoms with Crippen LogP contribution in [0.25, 0.3) is 0 Å². The van der Waals surface area contributed by atoms with E-state index in [-0.39, 0.29) is 23.9 Å². The minimum Gasteiger partial charge on any atom is -0.342 e. The molecule has 1 spiro atoms. The van der Waals surface area contributed by atoms with Crippen LogP contribution in [0.2, 0.25) is 0 Å². The van der Waals surface area contributed by atoms with E-state index >= 15 is 0 Å². The minimum atomic E-state index is -0.678. The van der Waals surface area contributed by atoms with Crippen molar-refractivity contribution in [2.45, 2.75) is 104 Å². The smallest absolute Gasteiger partial charge is 0.246 e. The Morgan fingerprint density at radius 2 is 1.62 bits per heavy atom. The first-order valence-corrected chi connectivity index (χ1v) is 13.6. The van der Waals surface area contributed by atoms with Gasteiger partial charge in [0.15, 0.2) is 0 Å². The molecule has 1 N–H and O–H groups in total. The Bertz CT molecular complexity index is 784. The number of carbonyl (C=O) groups excluding carboxylic acids is 2. The van der Waals surface area contributed by atoms with Crippen LogP contribution < -0.4 is 5.32 Å². The monoisotopic (exact) mass is 469 g/mol. The highest BCUT2D eigenvalue weighted by Crippen LogP contribution is 2.36. The molecule has 190 valence electrons. The van der Waals surface area contributed by atoms with E-state index in [9.17, 15) is 9.59 Å². The van der Waals surface area contributed by atoms with Gasteiger partial charge in [0, 0.05) is 19.1 Å². The fourth-order valence-corrected chi connectivity index (χ4v) is 6.00. The first-order valence-electron chi connectivity index (χ1n) is 13.6. The Morgan fingerprint density at radius 3 is 2.24 bits per heavy atom. The summed E-state index contributed by atoms with van der Waals surface area (Å²) < 4.78 is 0. The lowest BCUT2D eigenvalue weighted by molar-refractivity contribution is -0.165. The first kappa shape index (κ1) is 26.7. The number of hydrogen-bond donors (Lipinski definition) is 1. The van der Waals surface area contributed by atoms with Gasteiger partial charge in [-0.05, 0) is 75.8 Å². The van der Waals surface area contributed by atoms with E-state index in [1.54, 1.807) is 0 Å². The molecule has 1 aromatic carbocycles. The molecule has 1 unspecified atom stereocenters. The summed E-state index contributed by atoms with van der Waals surface area (Å²) in [5.74, 6) is 1.07. The van der Waals surface area contributed by atoms with Gasteiger partial charge in [0.2, 0.25) is 11.8 Å². The fourth-order valence-electron chi connectivity index (χ4n) is 6.00. The standard InChI is InChI=1S/C29H47N3O2/c1-22(2)20-24(5)32-27(33)26(21-23(3)4)30-28(34)29(32)15-18-31(19-16-29)17-11-7-10-14-25-12-8-6-9-13-25/h6,8-9,12-13,22-24,26H,7,10-11,14-21H2,1-5H3,(H,30,34)/t24?,26-/m0/s1. The lowest BCUT2D eigenvalue weighted by atomic mass is 9.79. The molecule has 2 amide bonds. The van der Waals surface area contributed by atoms with Crippen LogP contribution in [-0.4, -0.2) is 58.9 Å². The van der Waals surface area contributed by atoms with Crippen molar-refractivity contribution in [2.24, 2.45) is 11.8 Å². The summed E-state index contributed by atoms with van der Waals surface area (Å²) in [6.07, 6.45) is 7.90. The summed E-state index contributed by atoms with van der Waals surface area (Å²) in [5.41, 5.74) is 0.740. The minimum absolute atomic E-state index is 0.0795. The molecule has 0 radical (unpaired) electrons. The normalized spacial score (nSPS) is 22.0. The zero-order chi connectivity index (χ0) is 24.7. The van der Waals surface area contributed by atoms with Crippen molar-refractivity contribution in [2.75, 3.05) is 19.6 Å². The summed E-state index contributed by atoms with van der Waals surface area (Å²) in [4.78, 5) is 31.7. The number of unbranched alkanes of at least 4 members (excludes halogenated alkanes) is 2. The van der Waals surface area contributed by atoms with Crippen molar-refractivity contribution >= 4 is 11.8 Å². The van der Waals surface area contributed by atoms with Crippen LogP contribution in [0, 0.1) is 11.8 Å². The quantitative estimate of drug-likeness (QED) is 0.462. The van der Waals surface area contributed by atoms with Gasteiger partial charge in [-0.1, -0.05) is 64.4 Å². The van der Waals surface area contributed by atoms with Crippen LogP contribution in [0.1, 0.15) is 85.1 Å². The van der Waals surface area contributed by atoms with Crippen LogP contribution >= 0.6 is 0 Å². The highest BCUT2D eigenvalue weighted by atomic mass is 16.2. The van der Waals surface area contributed by atoms with Crippen LogP contribution in [-0.2, 0) is 16.0 Å². The first-order chi connectivity index (χ1) is 16.2. The van der Waals surface area contributed by atoms with Gasteiger partial charge in [-0.3, -0.25) is 9.59 Å². The molecular weight excluding hydrogens is 422 g/mol. The molecule has 34 heavy (non-hydrogen) atoms. The molecule has 5 heteroatoms. The third-order valence-corrected chi connectivity index (χ3v) is 7.65. The number of benzene rings is 1. The number of amides is 2. The van der Waals surface area contributed by atoms with Crippen molar-refractivity contribution in [3.8, 4) is 0 Å². The molecule has 0 saturated carbocycles. The van der Waals surface area contributed by atoms with Crippen molar-refractivity contribution < 1.29 is 9.59 Å². The number of piperidine rings is 1. The number of aryl methyl sites for hydroxylation is 1. The third kappa shape index (κ3) is 6.62. The number of carbonyl (C=O) groups is 2. The van der Waals surface area contributed by atoms with Gasteiger partial charge in [-0.2, -0.15) is 0 Å². The Balaban J connectivity index is 1.57. The number of hydrogen-bond acceptors (Lipinski definition) is 3. The number of piperazine rings is 1. The lowest BCUT2D eigenvalue weighted by Crippen LogP contribution is -2.74. The van der Waals surface area contributed by atoms with Gasteiger partial charge >= 0.3 is 0 Å². The van der Waals surface area contributed by atoms with Gasteiger partial charge in [-0.15, -0.1) is 0 Å². The Morgan fingerprint density at radius 1 is 0.941 bits per heavy atom. The maximum atomic E-state index is 13.6. The summed E-state index contributed by atoms with van der Waals surface area (Å²) >= 11 is 0. The highest BCUT2D eigenvalue weighted by molar-refractivity contribution is 6.00. The van der Waals surface area contributed by atoms with Gasteiger partial charge < -0.3 is 15.1 Å². The van der Waals surface area contributed by atoms with E-state index in [4.69, 9.17) is 0 Å². The average Bonchev–Trinajstić information content (AvgIpc) is 2.78. The zero-order valence-electron chi connectivity index (χ0n) is 22.2. The second kappa shape index (κ2) is 12.2. The molecular formula is C29H47N3O2. The summed E-state index contributed by atoms with van der Waals surface area (Å²) in [5, 5.41) is 3.14. The molecule has 2 fully saturated rings. The van der Waals surface area contributed by atoms with E-state index in [1.165, 1.54) is 24.8 Å². The molecule has 1 aromatic rings. The van der Waals surface area contributed by atoms with Crippen LogP contribution in [0.15, 0.2) is 30.3 Å². The summed E-state index contributed by atoms with van der Waals surface area (Å²) in [7, 11) is 0. The number of nitrogens with one attached hydrogen (secondary N) is 1. The second-order valence-electron chi connectivity index (χ2n) is 11.5. The largest absolute Gasteiger partial charge is 0.342 e. The zero-order valence-corrected chi connectivity index (χ0v) is 22.2. The van der Waals surface area contributed by atoms with Gasteiger partial charge in [-0.25, -0.2) is 0 Å². The Hall–Kier alpha value is -1.88. The molecule has 3 rings (SSSR count). The van der Waals surface area contributed by atoms with E-state index in [2.05, 4.69) is 75.2 Å². The Labute approximate surface area is 207 Å². The summed E-state index contributed by atoms with van der Waals surface area (Å²) in [6, 6.07) is 10.4. The van der Waals surface area contributed by atoms with E-state index < -0.39 is 5.54 Å². The maximum Gasteiger partial charge on any atom is 0.246 e. The number of likely N-dealkylation sites (tertiary alicyclic amines) is 1. The average molecular weight is 470 g/mol. The van der Waals surface area contributed by atoms with E-state index in [1.807, 2.05) is 4.90 Å². The topological polar surface area (TPSA) is 52.7 Å². The van der Waals surface area contributed by atoms with Crippen molar-refractivity contribution in [3.05, 3.63) is 35.9 Å². The predicted octanol–water partition coefficient (Wildman–Crippen LogP) is 5.04. The van der Waals surface area contributed by atoms with Gasteiger partial charge in [0.05, 0.1) is 0 Å². The molecule has 2 aliphatic heterocycles. The van der Waals surface area contributed by atoms with Crippen LogP contribution in [0.5, 0.6) is 0 Å². The number of nitrogens with zero attached hydrogens (tertiary/aromatic N) is 2. The fraction of sp³-hybridized carbons (Fsp3) is 0.724. The Kier molecular flexibility index (Phi) is 9.58. The van der Waals surface area contributed by atoms with Crippen LogP contribution in [0.3, 0.4) is 0 Å². The van der Waals surface area contributed by atoms with E-state index in [0.29, 0.717) is 18.3 Å². The van der Waals surface area contributed by atoms with Crippen LogP contribution in [0.4, 0.5) is 0 Å². The molecule has 5 nitrogen and oxygen atoms in total. The predicted molar refractivity (Wildman–Crippen MR) is 140 cm³/mol. The number of rotatable bonds is 11. The molecule has 2 heterocycles. The summed E-state index contributed by atoms with van der Waals surface area (Å²) in [6.45, 7) is 13.6. The van der Waals surface area contributed by atoms with Gasteiger partial charge in [0.1, 0.15) is 11.6 Å². The highest BCUT2D eigenvalue weighted by Gasteiger charge is 2.54. The molecule has 2 aliphatic rings. The van der Waals surface area contributed by atoms with Crippen molar-refractivity contribution in [1.82, 2.24) is 15.1 Å². The molecule has 2 atom stereocenters. The molecule has 0 aromatic heterocycles. The molecule has 0 aliphatic carbocycles. The van der Waals surface area contributed by atoms with Crippen molar-refractivity contribution in [3.63, 3.8) is 0 Å². The maximum absolute atomic E-state index is 13.6. The van der Waals surface area contributed by atoms with Crippen molar-refractivity contribution in [1.29, 1.82) is 0 Å².